The van der Waals surface area contributed by atoms with Crippen molar-refractivity contribution in [2.75, 3.05) is 0 Å². The molecule has 0 aliphatic carbocycles. The minimum atomic E-state index is -0.912. The van der Waals surface area contributed by atoms with Gasteiger partial charge in [-0.05, 0) is 37.8 Å². The second-order valence-corrected chi connectivity index (χ2v) is 6.11. The SMILES string of the molecule is CCCc1nc2c(C(=O)O)cccc2n1C(C)CC(C)C. The van der Waals surface area contributed by atoms with Crippen LogP contribution in [0.2, 0.25) is 0 Å². The highest BCUT2D eigenvalue weighted by Gasteiger charge is 2.20. The zero-order valence-electron chi connectivity index (χ0n) is 13.3. The van der Waals surface area contributed by atoms with Crippen molar-refractivity contribution >= 4 is 17.0 Å². The number of fused-ring (bicyclic) bond motifs is 1. The second-order valence-electron chi connectivity index (χ2n) is 6.11. The van der Waals surface area contributed by atoms with Gasteiger partial charge >= 0.3 is 5.97 Å². The van der Waals surface area contributed by atoms with Gasteiger partial charge in [-0.2, -0.15) is 0 Å². The summed E-state index contributed by atoms with van der Waals surface area (Å²) < 4.78 is 2.23. The monoisotopic (exact) mass is 288 g/mol. The summed E-state index contributed by atoms with van der Waals surface area (Å²) in [7, 11) is 0. The van der Waals surface area contributed by atoms with Gasteiger partial charge in [-0.3, -0.25) is 0 Å². The third kappa shape index (κ3) is 3.09. The molecule has 1 aromatic heterocycles. The van der Waals surface area contributed by atoms with E-state index in [-0.39, 0.29) is 0 Å². The highest BCUT2D eigenvalue weighted by molar-refractivity contribution is 6.01. The van der Waals surface area contributed by atoms with E-state index in [0.717, 1.165) is 30.6 Å². The molecule has 1 N–H and O–H groups in total. The molecule has 0 saturated carbocycles. The summed E-state index contributed by atoms with van der Waals surface area (Å²) in [5.74, 6) is 0.675. The Bertz CT molecular complexity index is 644. The van der Waals surface area contributed by atoms with Crippen LogP contribution in [0.5, 0.6) is 0 Å². The zero-order valence-corrected chi connectivity index (χ0v) is 13.3. The molecule has 0 spiro atoms. The standard InChI is InChI=1S/C17H24N2O2/c1-5-7-15-18-16-13(17(20)21)8-6-9-14(16)19(15)12(4)10-11(2)3/h6,8-9,11-12H,5,7,10H2,1-4H3,(H,20,21). The summed E-state index contributed by atoms with van der Waals surface area (Å²) >= 11 is 0. The maximum Gasteiger partial charge on any atom is 0.337 e. The van der Waals surface area contributed by atoms with E-state index >= 15 is 0 Å². The fourth-order valence-corrected chi connectivity index (χ4v) is 3.02. The van der Waals surface area contributed by atoms with Gasteiger partial charge < -0.3 is 9.67 Å². The van der Waals surface area contributed by atoms with Gasteiger partial charge in [0.1, 0.15) is 11.3 Å². The van der Waals surface area contributed by atoms with Gasteiger partial charge in [0.15, 0.2) is 0 Å². The molecule has 114 valence electrons. The van der Waals surface area contributed by atoms with Crippen LogP contribution < -0.4 is 0 Å². The van der Waals surface area contributed by atoms with Crippen LogP contribution in [0.4, 0.5) is 0 Å². The first-order chi connectivity index (χ1) is 9.95. The van der Waals surface area contributed by atoms with E-state index in [4.69, 9.17) is 0 Å². The molecule has 1 aromatic carbocycles. The first-order valence-corrected chi connectivity index (χ1v) is 7.68. The number of aryl methyl sites for hydroxylation is 1. The zero-order chi connectivity index (χ0) is 15.6. The highest BCUT2D eigenvalue weighted by Crippen LogP contribution is 2.28. The van der Waals surface area contributed by atoms with E-state index in [1.54, 1.807) is 6.07 Å². The molecule has 0 amide bonds. The molecule has 0 bridgehead atoms. The number of aromatic nitrogens is 2. The number of benzene rings is 1. The smallest absolute Gasteiger partial charge is 0.337 e. The second kappa shape index (κ2) is 6.29. The number of carboxylic acid groups (broad SMARTS) is 1. The predicted molar refractivity (Wildman–Crippen MR) is 84.9 cm³/mol. The Balaban J connectivity index is 2.63. The number of carboxylic acids is 1. The first-order valence-electron chi connectivity index (χ1n) is 7.68. The Kier molecular flexibility index (Phi) is 4.66. The lowest BCUT2D eigenvalue weighted by Crippen LogP contribution is -2.11. The van der Waals surface area contributed by atoms with Crippen molar-refractivity contribution < 1.29 is 9.90 Å². The summed E-state index contributed by atoms with van der Waals surface area (Å²) in [5.41, 5.74) is 1.84. The van der Waals surface area contributed by atoms with Crippen LogP contribution in [-0.2, 0) is 6.42 Å². The van der Waals surface area contributed by atoms with E-state index < -0.39 is 5.97 Å². The van der Waals surface area contributed by atoms with Crippen LogP contribution in [0.3, 0.4) is 0 Å². The molecular formula is C17H24N2O2. The lowest BCUT2D eigenvalue weighted by atomic mass is 10.0. The maximum atomic E-state index is 11.4. The molecule has 2 aromatic rings. The number of para-hydroxylation sites is 1. The quantitative estimate of drug-likeness (QED) is 0.862. The molecule has 0 saturated heterocycles. The Labute approximate surface area is 125 Å². The summed E-state index contributed by atoms with van der Waals surface area (Å²) in [6.45, 7) is 8.72. The average molecular weight is 288 g/mol. The number of imidazole rings is 1. The van der Waals surface area contributed by atoms with Gasteiger partial charge in [0.2, 0.25) is 0 Å². The van der Waals surface area contributed by atoms with Gasteiger partial charge in [-0.15, -0.1) is 0 Å². The van der Waals surface area contributed by atoms with E-state index in [1.807, 2.05) is 12.1 Å². The Morgan fingerprint density at radius 2 is 2.05 bits per heavy atom. The number of rotatable bonds is 6. The minimum absolute atomic E-state index is 0.292. The van der Waals surface area contributed by atoms with Crippen molar-refractivity contribution in [3.63, 3.8) is 0 Å². The Morgan fingerprint density at radius 1 is 1.33 bits per heavy atom. The number of hydrogen-bond acceptors (Lipinski definition) is 2. The van der Waals surface area contributed by atoms with Crippen molar-refractivity contribution in [2.45, 2.75) is 53.0 Å². The van der Waals surface area contributed by atoms with E-state index in [1.165, 1.54) is 0 Å². The topological polar surface area (TPSA) is 55.1 Å². The number of aromatic carboxylic acids is 1. The van der Waals surface area contributed by atoms with E-state index in [2.05, 4.69) is 37.2 Å². The molecule has 1 heterocycles. The largest absolute Gasteiger partial charge is 0.478 e. The lowest BCUT2D eigenvalue weighted by Gasteiger charge is -2.19. The number of carbonyl (C=O) groups is 1. The maximum absolute atomic E-state index is 11.4. The summed E-state index contributed by atoms with van der Waals surface area (Å²) in [6, 6.07) is 5.73. The molecule has 2 rings (SSSR count). The number of nitrogens with zero attached hydrogens (tertiary/aromatic N) is 2. The van der Waals surface area contributed by atoms with Gasteiger partial charge in [0, 0.05) is 12.5 Å². The first kappa shape index (κ1) is 15.5. The van der Waals surface area contributed by atoms with Crippen LogP contribution in [0.25, 0.3) is 11.0 Å². The highest BCUT2D eigenvalue weighted by atomic mass is 16.4. The molecule has 0 aliphatic heterocycles. The Morgan fingerprint density at radius 3 is 2.62 bits per heavy atom. The van der Waals surface area contributed by atoms with Crippen LogP contribution in [0.1, 0.15) is 62.8 Å². The molecule has 0 aliphatic rings. The van der Waals surface area contributed by atoms with Crippen molar-refractivity contribution in [1.82, 2.24) is 9.55 Å². The van der Waals surface area contributed by atoms with Gasteiger partial charge in [-0.25, -0.2) is 9.78 Å². The molecule has 1 unspecified atom stereocenters. The van der Waals surface area contributed by atoms with Crippen molar-refractivity contribution in [1.29, 1.82) is 0 Å². The Hall–Kier alpha value is -1.84. The van der Waals surface area contributed by atoms with Crippen LogP contribution in [-0.4, -0.2) is 20.6 Å². The van der Waals surface area contributed by atoms with Gasteiger partial charge in [-0.1, -0.05) is 26.8 Å². The van der Waals surface area contributed by atoms with Gasteiger partial charge in [0.05, 0.1) is 11.1 Å². The molecule has 0 fully saturated rings. The van der Waals surface area contributed by atoms with Crippen LogP contribution in [0.15, 0.2) is 18.2 Å². The molecule has 4 heteroatoms. The van der Waals surface area contributed by atoms with E-state index in [0.29, 0.717) is 23.0 Å². The fourth-order valence-electron chi connectivity index (χ4n) is 3.02. The average Bonchev–Trinajstić information content (AvgIpc) is 2.75. The molecule has 1 atom stereocenters. The third-order valence-corrected chi connectivity index (χ3v) is 3.75. The molecule has 21 heavy (non-hydrogen) atoms. The molecular weight excluding hydrogens is 264 g/mol. The normalized spacial score (nSPS) is 13.0. The number of hydrogen-bond donors (Lipinski definition) is 1. The summed E-state index contributed by atoms with van der Waals surface area (Å²) in [6.07, 6.45) is 2.93. The minimum Gasteiger partial charge on any atom is -0.478 e. The predicted octanol–water partition coefficient (Wildman–Crippen LogP) is 4.29. The third-order valence-electron chi connectivity index (χ3n) is 3.75. The van der Waals surface area contributed by atoms with Crippen molar-refractivity contribution in [2.24, 2.45) is 5.92 Å². The van der Waals surface area contributed by atoms with Crippen molar-refractivity contribution in [3.05, 3.63) is 29.6 Å². The van der Waals surface area contributed by atoms with Crippen LogP contribution >= 0.6 is 0 Å². The molecule has 0 radical (unpaired) electrons. The fraction of sp³-hybridized carbons (Fsp3) is 0.529. The van der Waals surface area contributed by atoms with Crippen LogP contribution in [0, 0.1) is 5.92 Å². The van der Waals surface area contributed by atoms with Gasteiger partial charge in [0.25, 0.3) is 0 Å². The molecule has 4 nitrogen and oxygen atoms in total. The van der Waals surface area contributed by atoms with Crippen molar-refractivity contribution in [3.8, 4) is 0 Å². The lowest BCUT2D eigenvalue weighted by molar-refractivity contribution is 0.0699. The van der Waals surface area contributed by atoms with E-state index in [9.17, 15) is 9.90 Å². The summed E-state index contributed by atoms with van der Waals surface area (Å²) in [4.78, 5) is 16.0. The summed E-state index contributed by atoms with van der Waals surface area (Å²) in [5, 5.41) is 9.35.